The van der Waals surface area contributed by atoms with Crippen molar-refractivity contribution in [2.45, 2.75) is 40.0 Å². The van der Waals surface area contributed by atoms with Gasteiger partial charge in [0.2, 0.25) is 0 Å². The molecule has 0 spiro atoms. The zero-order chi connectivity index (χ0) is 14.5. The second-order valence-corrected chi connectivity index (χ2v) is 4.95. The number of nitrogens with zero attached hydrogens (tertiary/aromatic N) is 2. The Morgan fingerprint density at radius 3 is 2.85 bits per heavy atom. The molecule has 1 aromatic heterocycles. The summed E-state index contributed by atoms with van der Waals surface area (Å²) in [6.45, 7) is 7.74. The van der Waals surface area contributed by atoms with Gasteiger partial charge in [-0.25, -0.2) is 4.98 Å². The molecule has 0 saturated carbocycles. The van der Waals surface area contributed by atoms with Gasteiger partial charge < -0.3 is 14.6 Å². The Hall–Kier alpha value is -1.81. The molecule has 0 amide bonds. The van der Waals surface area contributed by atoms with Gasteiger partial charge in [0.1, 0.15) is 18.2 Å². The molecule has 1 aromatic carbocycles. The average Bonchev–Trinajstić information content (AvgIpc) is 2.92. The summed E-state index contributed by atoms with van der Waals surface area (Å²) >= 11 is 0. The molecule has 1 heterocycles. The number of imidazole rings is 1. The number of rotatable bonds is 6. The molecule has 1 atom stereocenters. The molecule has 1 N–H and O–H groups in total. The smallest absolute Gasteiger partial charge is 0.146 e. The van der Waals surface area contributed by atoms with E-state index in [4.69, 9.17) is 4.74 Å². The average molecular weight is 273 g/mol. The van der Waals surface area contributed by atoms with Crippen LogP contribution in [0.2, 0.25) is 0 Å². The SMILES string of the molecule is CCn1ccnc1COc1ccc(C(C)NC)cc1C. The minimum absolute atomic E-state index is 0.349. The number of nitrogens with one attached hydrogen (secondary N) is 1. The van der Waals surface area contributed by atoms with Gasteiger partial charge in [-0.3, -0.25) is 0 Å². The summed E-state index contributed by atoms with van der Waals surface area (Å²) in [4.78, 5) is 4.32. The van der Waals surface area contributed by atoms with Crippen molar-refractivity contribution in [3.05, 3.63) is 47.5 Å². The summed E-state index contributed by atoms with van der Waals surface area (Å²) in [5, 5.41) is 3.24. The van der Waals surface area contributed by atoms with Crippen LogP contribution in [0.3, 0.4) is 0 Å². The predicted molar refractivity (Wildman–Crippen MR) is 80.9 cm³/mol. The summed E-state index contributed by atoms with van der Waals surface area (Å²) in [5.41, 5.74) is 2.42. The lowest BCUT2D eigenvalue weighted by Gasteiger charge is -2.14. The van der Waals surface area contributed by atoms with Crippen LogP contribution in [0.15, 0.2) is 30.6 Å². The summed E-state index contributed by atoms with van der Waals surface area (Å²) in [7, 11) is 1.97. The van der Waals surface area contributed by atoms with Crippen molar-refractivity contribution < 1.29 is 4.74 Å². The van der Waals surface area contributed by atoms with Gasteiger partial charge in [0.05, 0.1) is 0 Å². The first-order valence-electron chi connectivity index (χ1n) is 7.06. The number of aryl methyl sites for hydroxylation is 2. The van der Waals surface area contributed by atoms with Gasteiger partial charge in [-0.1, -0.05) is 12.1 Å². The first-order valence-corrected chi connectivity index (χ1v) is 7.06. The highest BCUT2D eigenvalue weighted by Crippen LogP contribution is 2.23. The Morgan fingerprint density at radius 1 is 1.40 bits per heavy atom. The third kappa shape index (κ3) is 3.20. The molecule has 0 radical (unpaired) electrons. The van der Waals surface area contributed by atoms with E-state index in [1.54, 1.807) is 0 Å². The highest BCUT2D eigenvalue weighted by molar-refractivity contribution is 5.37. The maximum absolute atomic E-state index is 5.89. The molecule has 4 nitrogen and oxygen atoms in total. The summed E-state index contributed by atoms with van der Waals surface area (Å²) in [6, 6.07) is 6.66. The van der Waals surface area contributed by atoms with E-state index in [1.165, 1.54) is 5.56 Å². The van der Waals surface area contributed by atoms with Crippen LogP contribution in [-0.2, 0) is 13.2 Å². The van der Waals surface area contributed by atoms with Gasteiger partial charge in [-0.15, -0.1) is 0 Å². The Morgan fingerprint density at radius 2 is 2.20 bits per heavy atom. The van der Waals surface area contributed by atoms with E-state index in [-0.39, 0.29) is 0 Å². The fourth-order valence-corrected chi connectivity index (χ4v) is 2.18. The first-order chi connectivity index (χ1) is 9.65. The Labute approximate surface area is 120 Å². The molecule has 20 heavy (non-hydrogen) atoms. The summed E-state index contributed by atoms with van der Waals surface area (Å²) < 4.78 is 7.98. The lowest BCUT2D eigenvalue weighted by molar-refractivity contribution is 0.288. The maximum atomic E-state index is 5.89. The van der Waals surface area contributed by atoms with Crippen LogP contribution in [-0.4, -0.2) is 16.6 Å². The molecule has 0 aliphatic carbocycles. The van der Waals surface area contributed by atoms with Crippen LogP contribution in [0.5, 0.6) is 5.75 Å². The molecule has 0 bridgehead atoms. The normalized spacial score (nSPS) is 12.4. The van der Waals surface area contributed by atoms with E-state index in [0.29, 0.717) is 12.6 Å². The monoisotopic (exact) mass is 273 g/mol. The molecule has 2 aromatic rings. The predicted octanol–water partition coefficient (Wildman–Crippen LogP) is 3.07. The van der Waals surface area contributed by atoms with E-state index in [9.17, 15) is 0 Å². The highest BCUT2D eigenvalue weighted by atomic mass is 16.5. The van der Waals surface area contributed by atoms with Crippen molar-refractivity contribution >= 4 is 0 Å². The van der Waals surface area contributed by atoms with Gasteiger partial charge in [0.25, 0.3) is 0 Å². The molecule has 0 aliphatic rings. The van der Waals surface area contributed by atoms with Crippen LogP contribution in [0.25, 0.3) is 0 Å². The number of ether oxygens (including phenoxy) is 1. The molecule has 2 rings (SSSR count). The minimum atomic E-state index is 0.349. The van der Waals surface area contributed by atoms with Crippen LogP contribution in [0.1, 0.15) is 36.8 Å². The number of aromatic nitrogens is 2. The van der Waals surface area contributed by atoms with E-state index in [0.717, 1.165) is 23.7 Å². The van der Waals surface area contributed by atoms with Gasteiger partial charge in [0.15, 0.2) is 0 Å². The fraction of sp³-hybridized carbons (Fsp3) is 0.438. The second-order valence-electron chi connectivity index (χ2n) is 4.95. The van der Waals surface area contributed by atoms with Gasteiger partial charge in [0, 0.05) is 25.0 Å². The Bertz CT molecular complexity index is 563. The van der Waals surface area contributed by atoms with Gasteiger partial charge in [-0.2, -0.15) is 0 Å². The van der Waals surface area contributed by atoms with Crippen molar-refractivity contribution in [3.8, 4) is 5.75 Å². The van der Waals surface area contributed by atoms with Crippen molar-refractivity contribution in [2.24, 2.45) is 0 Å². The van der Waals surface area contributed by atoms with Crippen molar-refractivity contribution in [2.75, 3.05) is 7.05 Å². The summed E-state index contributed by atoms with van der Waals surface area (Å²) in [6.07, 6.45) is 3.79. The Kier molecular flexibility index (Phi) is 4.79. The third-order valence-electron chi connectivity index (χ3n) is 3.63. The third-order valence-corrected chi connectivity index (χ3v) is 3.63. The Balaban J connectivity index is 2.07. The van der Waals surface area contributed by atoms with Crippen molar-refractivity contribution in [1.29, 1.82) is 0 Å². The largest absolute Gasteiger partial charge is 0.485 e. The second kappa shape index (κ2) is 6.57. The standard InChI is InChI=1S/C16H23N3O/c1-5-19-9-8-18-16(19)11-20-15-7-6-14(10-12(15)2)13(3)17-4/h6-10,13,17H,5,11H2,1-4H3. The molecular formula is C16H23N3O. The molecular weight excluding hydrogens is 250 g/mol. The van der Waals surface area contributed by atoms with E-state index >= 15 is 0 Å². The fourth-order valence-electron chi connectivity index (χ4n) is 2.18. The molecule has 0 aliphatic heterocycles. The first kappa shape index (κ1) is 14.6. The van der Waals surface area contributed by atoms with E-state index in [1.807, 2.05) is 25.5 Å². The minimum Gasteiger partial charge on any atom is -0.485 e. The zero-order valence-corrected chi connectivity index (χ0v) is 12.7. The van der Waals surface area contributed by atoms with Crippen LogP contribution < -0.4 is 10.1 Å². The van der Waals surface area contributed by atoms with Crippen LogP contribution in [0.4, 0.5) is 0 Å². The van der Waals surface area contributed by atoms with Gasteiger partial charge in [-0.05, 0) is 45.0 Å². The quantitative estimate of drug-likeness (QED) is 0.879. The molecule has 4 heteroatoms. The topological polar surface area (TPSA) is 39.1 Å². The number of benzene rings is 1. The lowest BCUT2D eigenvalue weighted by Crippen LogP contribution is -2.12. The zero-order valence-electron chi connectivity index (χ0n) is 12.7. The number of hydrogen-bond donors (Lipinski definition) is 1. The lowest BCUT2D eigenvalue weighted by atomic mass is 10.1. The summed E-state index contributed by atoms with van der Waals surface area (Å²) in [5.74, 6) is 1.88. The van der Waals surface area contributed by atoms with Crippen molar-refractivity contribution in [3.63, 3.8) is 0 Å². The molecule has 1 unspecified atom stereocenters. The molecule has 0 saturated heterocycles. The molecule has 108 valence electrons. The van der Waals surface area contributed by atoms with Crippen LogP contribution >= 0.6 is 0 Å². The van der Waals surface area contributed by atoms with E-state index in [2.05, 4.69) is 47.8 Å². The number of hydrogen-bond acceptors (Lipinski definition) is 3. The highest BCUT2D eigenvalue weighted by Gasteiger charge is 2.07. The van der Waals surface area contributed by atoms with Gasteiger partial charge >= 0.3 is 0 Å². The van der Waals surface area contributed by atoms with E-state index < -0.39 is 0 Å². The van der Waals surface area contributed by atoms with Crippen LogP contribution in [0, 0.1) is 6.92 Å². The molecule has 0 fully saturated rings. The van der Waals surface area contributed by atoms with Crippen molar-refractivity contribution in [1.82, 2.24) is 14.9 Å². The maximum Gasteiger partial charge on any atom is 0.146 e.